The maximum atomic E-state index is 12.5. The van der Waals surface area contributed by atoms with E-state index < -0.39 is 0 Å². The molecule has 2 amide bonds. The lowest BCUT2D eigenvalue weighted by atomic mass is 10.1. The van der Waals surface area contributed by atoms with E-state index in [1.54, 1.807) is 42.5 Å². The van der Waals surface area contributed by atoms with Crippen molar-refractivity contribution >= 4 is 17.5 Å². The summed E-state index contributed by atoms with van der Waals surface area (Å²) in [4.78, 5) is 26.7. The molecule has 0 aliphatic carbocycles. The Kier molecular flexibility index (Phi) is 7.19. The highest BCUT2D eigenvalue weighted by atomic mass is 16.5. The molecule has 144 valence electrons. The van der Waals surface area contributed by atoms with Gasteiger partial charge in [-0.05, 0) is 50.5 Å². The lowest BCUT2D eigenvalue weighted by molar-refractivity contribution is 0.0949. The first-order valence-electron chi connectivity index (χ1n) is 8.51. The summed E-state index contributed by atoms with van der Waals surface area (Å²) in [7, 11) is 6.93. The number of carbonyl (C=O) groups excluding carboxylic acids is 2. The molecule has 0 heterocycles. The molecular formula is C20H25N3O4. The molecule has 0 aromatic heterocycles. The van der Waals surface area contributed by atoms with Gasteiger partial charge in [0.2, 0.25) is 0 Å². The third-order valence-electron chi connectivity index (χ3n) is 3.87. The fraction of sp³-hybridized carbons (Fsp3) is 0.300. The van der Waals surface area contributed by atoms with E-state index in [9.17, 15) is 9.59 Å². The summed E-state index contributed by atoms with van der Waals surface area (Å²) >= 11 is 0. The first-order chi connectivity index (χ1) is 12.9. The van der Waals surface area contributed by atoms with Crippen LogP contribution in [0.25, 0.3) is 0 Å². The van der Waals surface area contributed by atoms with E-state index in [4.69, 9.17) is 9.47 Å². The van der Waals surface area contributed by atoms with E-state index in [1.807, 2.05) is 19.0 Å². The predicted octanol–water partition coefficient (Wildman–Crippen LogP) is 2.25. The van der Waals surface area contributed by atoms with Crippen molar-refractivity contribution in [2.24, 2.45) is 0 Å². The van der Waals surface area contributed by atoms with E-state index in [0.717, 1.165) is 6.54 Å². The zero-order valence-corrected chi connectivity index (χ0v) is 16.0. The van der Waals surface area contributed by atoms with Crippen LogP contribution in [0.5, 0.6) is 11.5 Å². The summed E-state index contributed by atoms with van der Waals surface area (Å²) in [6.07, 6.45) is 0. The second-order valence-electron chi connectivity index (χ2n) is 6.16. The second-order valence-corrected chi connectivity index (χ2v) is 6.16. The van der Waals surface area contributed by atoms with Crippen molar-refractivity contribution in [1.82, 2.24) is 10.2 Å². The number of amides is 2. The first kappa shape index (κ1) is 20.3. The van der Waals surface area contributed by atoms with Crippen LogP contribution >= 0.6 is 0 Å². The topological polar surface area (TPSA) is 79.9 Å². The molecule has 0 bridgehead atoms. The molecular weight excluding hydrogens is 346 g/mol. The van der Waals surface area contributed by atoms with Gasteiger partial charge >= 0.3 is 0 Å². The number of likely N-dealkylation sites (N-methyl/N-ethyl adjacent to an activating group) is 1. The van der Waals surface area contributed by atoms with Crippen LogP contribution in [0.3, 0.4) is 0 Å². The monoisotopic (exact) mass is 371 g/mol. The van der Waals surface area contributed by atoms with Gasteiger partial charge in [-0.25, -0.2) is 0 Å². The molecule has 2 aromatic carbocycles. The number of methoxy groups -OCH3 is 2. The number of nitrogens with one attached hydrogen (secondary N) is 2. The van der Waals surface area contributed by atoms with Crippen molar-refractivity contribution in [2.75, 3.05) is 46.7 Å². The maximum Gasteiger partial charge on any atom is 0.255 e. The van der Waals surface area contributed by atoms with Crippen molar-refractivity contribution < 1.29 is 19.1 Å². The summed E-state index contributed by atoms with van der Waals surface area (Å²) in [6.45, 7) is 1.30. The van der Waals surface area contributed by atoms with E-state index >= 15 is 0 Å². The summed E-state index contributed by atoms with van der Waals surface area (Å²) in [6, 6.07) is 11.7. The van der Waals surface area contributed by atoms with Crippen LogP contribution in [-0.4, -0.2) is 58.1 Å². The molecule has 0 aliphatic heterocycles. The third kappa shape index (κ3) is 5.72. The first-order valence-corrected chi connectivity index (χ1v) is 8.51. The standard InChI is InChI=1S/C20H25N3O4/c1-23(2)11-10-21-19(24)14-6-5-7-16(12-14)22-20(25)15-8-9-17(26-3)18(13-15)27-4/h5-9,12-13H,10-11H2,1-4H3,(H,21,24)(H,22,25). The fourth-order valence-corrected chi connectivity index (χ4v) is 2.41. The maximum absolute atomic E-state index is 12.5. The average molecular weight is 371 g/mol. The number of hydrogen-bond donors (Lipinski definition) is 2. The molecule has 0 saturated heterocycles. The second kappa shape index (κ2) is 9.59. The van der Waals surface area contributed by atoms with Crippen LogP contribution in [0, 0.1) is 0 Å². The van der Waals surface area contributed by atoms with Gasteiger partial charge in [-0.1, -0.05) is 6.07 Å². The molecule has 0 radical (unpaired) electrons. The molecule has 2 rings (SSSR count). The summed E-state index contributed by atoms with van der Waals surface area (Å²) < 4.78 is 10.4. The molecule has 0 atom stereocenters. The quantitative estimate of drug-likeness (QED) is 0.744. The Hall–Kier alpha value is -3.06. The Bertz CT molecular complexity index is 806. The largest absolute Gasteiger partial charge is 0.493 e. The molecule has 2 N–H and O–H groups in total. The summed E-state index contributed by atoms with van der Waals surface area (Å²) in [5.74, 6) is 0.532. The molecule has 7 heteroatoms. The van der Waals surface area contributed by atoms with Gasteiger partial charge in [-0.2, -0.15) is 0 Å². The van der Waals surface area contributed by atoms with Gasteiger partial charge in [-0.15, -0.1) is 0 Å². The normalized spacial score (nSPS) is 10.4. The van der Waals surface area contributed by atoms with Gasteiger partial charge in [0.25, 0.3) is 11.8 Å². The summed E-state index contributed by atoms with van der Waals surface area (Å²) in [5.41, 5.74) is 1.45. The van der Waals surface area contributed by atoms with E-state index in [-0.39, 0.29) is 11.8 Å². The summed E-state index contributed by atoms with van der Waals surface area (Å²) in [5, 5.41) is 5.64. The van der Waals surface area contributed by atoms with Crippen LogP contribution in [0.2, 0.25) is 0 Å². The SMILES string of the molecule is COc1ccc(C(=O)Nc2cccc(C(=O)NCCN(C)C)c2)cc1OC. The Morgan fingerprint density at radius 2 is 1.63 bits per heavy atom. The zero-order valence-electron chi connectivity index (χ0n) is 16.0. The van der Waals surface area contributed by atoms with Crippen LogP contribution in [-0.2, 0) is 0 Å². The zero-order chi connectivity index (χ0) is 19.8. The van der Waals surface area contributed by atoms with Crippen LogP contribution in [0.4, 0.5) is 5.69 Å². The molecule has 0 fully saturated rings. The van der Waals surface area contributed by atoms with Gasteiger partial charge < -0.3 is 25.0 Å². The minimum Gasteiger partial charge on any atom is -0.493 e. The Balaban J connectivity index is 2.07. The number of benzene rings is 2. The minimum atomic E-state index is -0.305. The van der Waals surface area contributed by atoms with E-state index in [1.165, 1.54) is 14.2 Å². The molecule has 0 aliphatic rings. The van der Waals surface area contributed by atoms with Crippen LogP contribution < -0.4 is 20.1 Å². The average Bonchev–Trinajstić information content (AvgIpc) is 2.67. The van der Waals surface area contributed by atoms with Gasteiger partial charge in [0.1, 0.15) is 0 Å². The van der Waals surface area contributed by atoms with Crippen molar-refractivity contribution in [1.29, 1.82) is 0 Å². The van der Waals surface area contributed by atoms with Crippen LogP contribution in [0.1, 0.15) is 20.7 Å². The van der Waals surface area contributed by atoms with Crippen molar-refractivity contribution in [3.05, 3.63) is 53.6 Å². The highest BCUT2D eigenvalue weighted by molar-refractivity contribution is 6.05. The molecule has 0 unspecified atom stereocenters. The lowest BCUT2D eigenvalue weighted by Crippen LogP contribution is -2.31. The Labute approximate surface area is 159 Å². The van der Waals surface area contributed by atoms with Gasteiger partial charge in [0, 0.05) is 29.9 Å². The highest BCUT2D eigenvalue weighted by Gasteiger charge is 2.12. The minimum absolute atomic E-state index is 0.181. The highest BCUT2D eigenvalue weighted by Crippen LogP contribution is 2.27. The smallest absolute Gasteiger partial charge is 0.255 e. The number of nitrogens with zero attached hydrogens (tertiary/aromatic N) is 1. The molecule has 0 spiro atoms. The number of anilines is 1. The van der Waals surface area contributed by atoms with Gasteiger partial charge in [0.15, 0.2) is 11.5 Å². The molecule has 27 heavy (non-hydrogen) atoms. The Morgan fingerprint density at radius 3 is 2.30 bits per heavy atom. The number of hydrogen-bond acceptors (Lipinski definition) is 5. The Morgan fingerprint density at radius 1 is 0.926 bits per heavy atom. The third-order valence-corrected chi connectivity index (χ3v) is 3.87. The number of carbonyl (C=O) groups is 2. The van der Waals surface area contributed by atoms with Crippen LogP contribution in [0.15, 0.2) is 42.5 Å². The fourth-order valence-electron chi connectivity index (χ4n) is 2.41. The predicted molar refractivity (Wildman–Crippen MR) is 105 cm³/mol. The number of rotatable bonds is 8. The van der Waals surface area contributed by atoms with Gasteiger partial charge in [0.05, 0.1) is 14.2 Å². The molecule has 2 aromatic rings. The van der Waals surface area contributed by atoms with Crippen molar-refractivity contribution in [3.63, 3.8) is 0 Å². The van der Waals surface area contributed by atoms with E-state index in [0.29, 0.717) is 34.9 Å². The molecule has 0 saturated carbocycles. The molecule has 7 nitrogen and oxygen atoms in total. The van der Waals surface area contributed by atoms with Crippen molar-refractivity contribution in [3.8, 4) is 11.5 Å². The number of ether oxygens (including phenoxy) is 2. The van der Waals surface area contributed by atoms with Crippen molar-refractivity contribution in [2.45, 2.75) is 0 Å². The van der Waals surface area contributed by atoms with Gasteiger partial charge in [-0.3, -0.25) is 9.59 Å². The van der Waals surface area contributed by atoms with E-state index in [2.05, 4.69) is 10.6 Å². The lowest BCUT2D eigenvalue weighted by Gasteiger charge is -2.12.